The Balaban J connectivity index is 1.50. The summed E-state index contributed by atoms with van der Waals surface area (Å²) >= 11 is 0. The van der Waals surface area contributed by atoms with Gasteiger partial charge in [-0.05, 0) is 42.5 Å². The van der Waals surface area contributed by atoms with Crippen LogP contribution in [0.15, 0.2) is 60.8 Å². The Labute approximate surface area is 167 Å². The third-order valence-electron chi connectivity index (χ3n) is 4.49. The molecule has 0 spiro atoms. The molecule has 3 aromatic rings. The summed E-state index contributed by atoms with van der Waals surface area (Å²) in [6, 6.07) is 15.0. The summed E-state index contributed by atoms with van der Waals surface area (Å²) in [4.78, 5) is 23.3. The number of rotatable bonds is 5. The number of hydrogen-bond donors (Lipinski definition) is 2. The van der Waals surface area contributed by atoms with Gasteiger partial charge in [-0.25, -0.2) is 14.4 Å². The number of para-hydroxylation sites is 2. The molecule has 1 fully saturated rings. The van der Waals surface area contributed by atoms with Gasteiger partial charge < -0.3 is 20.3 Å². The molecule has 0 radical (unpaired) electrons. The summed E-state index contributed by atoms with van der Waals surface area (Å²) in [6.45, 7) is 2.86. The predicted octanol–water partition coefficient (Wildman–Crippen LogP) is 3.45. The number of nitrogens with zero attached hydrogens (tertiary/aromatic N) is 3. The molecule has 8 heteroatoms. The van der Waals surface area contributed by atoms with E-state index in [4.69, 9.17) is 4.74 Å². The van der Waals surface area contributed by atoms with Crippen LogP contribution in [0.5, 0.6) is 0 Å². The molecule has 2 heterocycles. The number of aromatic nitrogens is 2. The van der Waals surface area contributed by atoms with E-state index < -0.39 is 0 Å². The van der Waals surface area contributed by atoms with E-state index in [0.29, 0.717) is 24.6 Å². The topological polar surface area (TPSA) is 79.4 Å². The fourth-order valence-corrected chi connectivity index (χ4v) is 3.05. The average Bonchev–Trinajstić information content (AvgIpc) is 2.76. The van der Waals surface area contributed by atoms with Gasteiger partial charge in [0.15, 0.2) is 0 Å². The van der Waals surface area contributed by atoms with Gasteiger partial charge in [-0.1, -0.05) is 12.1 Å². The molecule has 0 unspecified atom stereocenters. The van der Waals surface area contributed by atoms with Crippen LogP contribution in [0.3, 0.4) is 0 Å². The van der Waals surface area contributed by atoms with Crippen LogP contribution in [0.4, 0.5) is 27.4 Å². The smallest absolute Gasteiger partial charge is 0.274 e. The van der Waals surface area contributed by atoms with Crippen molar-refractivity contribution < 1.29 is 13.9 Å². The lowest BCUT2D eigenvalue weighted by atomic mass is 10.2. The molecule has 2 N–H and O–H groups in total. The van der Waals surface area contributed by atoms with Crippen molar-refractivity contribution in [2.24, 2.45) is 0 Å². The van der Waals surface area contributed by atoms with Crippen LogP contribution in [-0.4, -0.2) is 42.2 Å². The van der Waals surface area contributed by atoms with Crippen molar-refractivity contribution in [2.45, 2.75) is 0 Å². The van der Waals surface area contributed by atoms with Crippen LogP contribution >= 0.6 is 0 Å². The normalized spacial score (nSPS) is 13.8. The van der Waals surface area contributed by atoms with Gasteiger partial charge in [0.25, 0.3) is 5.91 Å². The van der Waals surface area contributed by atoms with Gasteiger partial charge in [0.2, 0.25) is 5.95 Å². The van der Waals surface area contributed by atoms with E-state index in [2.05, 4.69) is 25.5 Å². The molecule has 1 aliphatic heterocycles. The molecule has 2 aromatic carbocycles. The van der Waals surface area contributed by atoms with Gasteiger partial charge >= 0.3 is 0 Å². The SMILES string of the molecule is O=C(Nc1ccccc1N1CCOCC1)c1ccnc(Nc2ccc(F)cc2)n1. The first-order valence-corrected chi connectivity index (χ1v) is 9.28. The van der Waals surface area contributed by atoms with E-state index in [1.807, 2.05) is 24.3 Å². The first-order chi connectivity index (χ1) is 14.2. The van der Waals surface area contributed by atoms with Crippen LogP contribution in [0, 0.1) is 5.82 Å². The Kier molecular flexibility index (Phi) is 5.62. The number of halogens is 1. The van der Waals surface area contributed by atoms with E-state index in [1.165, 1.54) is 18.3 Å². The zero-order valence-corrected chi connectivity index (χ0v) is 15.6. The first kappa shape index (κ1) is 18.8. The van der Waals surface area contributed by atoms with Gasteiger partial charge in [-0.15, -0.1) is 0 Å². The van der Waals surface area contributed by atoms with Gasteiger partial charge in [0.05, 0.1) is 24.6 Å². The quantitative estimate of drug-likeness (QED) is 0.691. The molecule has 1 amide bonds. The highest BCUT2D eigenvalue weighted by Gasteiger charge is 2.17. The standard InChI is InChI=1S/C21H20FN5O2/c22-15-5-7-16(8-6-15)24-21-23-10-9-18(26-21)20(28)25-17-3-1-2-4-19(17)27-11-13-29-14-12-27/h1-10H,11-14H2,(H,25,28)(H,23,24,26). The van der Waals surface area contributed by atoms with Crippen LogP contribution < -0.4 is 15.5 Å². The zero-order chi connectivity index (χ0) is 20.1. The molecule has 1 aromatic heterocycles. The number of nitrogens with one attached hydrogen (secondary N) is 2. The Hall–Kier alpha value is -3.52. The monoisotopic (exact) mass is 393 g/mol. The third kappa shape index (κ3) is 4.67. The lowest BCUT2D eigenvalue weighted by Gasteiger charge is -2.30. The minimum atomic E-state index is -0.338. The molecule has 1 saturated heterocycles. The average molecular weight is 393 g/mol. The number of anilines is 4. The van der Waals surface area contributed by atoms with Gasteiger partial charge in [0.1, 0.15) is 11.5 Å². The number of carbonyl (C=O) groups excluding carboxylic acids is 1. The maximum Gasteiger partial charge on any atom is 0.274 e. The van der Waals surface area contributed by atoms with E-state index in [1.54, 1.807) is 18.2 Å². The summed E-state index contributed by atoms with van der Waals surface area (Å²) < 4.78 is 18.5. The van der Waals surface area contributed by atoms with Crippen molar-refractivity contribution in [1.29, 1.82) is 0 Å². The van der Waals surface area contributed by atoms with Gasteiger partial charge in [-0.2, -0.15) is 0 Å². The second kappa shape index (κ2) is 8.66. The Morgan fingerprint density at radius 3 is 2.59 bits per heavy atom. The first-order valence-electron chi connectivity index (χ1n) is 9.28. The Morgan fingerprint density at radius 2 is 1.79 bits per heavy atom. The third-order valence-corrected chi connectivity index (χ3v) is 4.49. The molecule has 4 rings (SSSR count). The number of benzene rings is 2. The van der Waals surface area contributed by atoms with Crippen molar-refractivity contribution in [3.8, 4) is 0 Å². The molecule has 0 aliphatic carbocycles. The maximum atomic E-state index is 13.0. The lowest BCUT2D eigenvalue weighted by Crippen LogP contribution is -2.36. The summed E-state index contributed by atoms with van der Waals surface area (Å²) in [7, 11) is 0. The number of hydrogen-bond acceptors (Lipinski definition) is 6. The fraction of sp³-hybridized carbons (Fsp3) is 0.190. The number of carbonyl (C=O) groups is 1. The summed E-state index contributed by atoms with van der Waals surface area (Å²) in [5.41, 5.74) is 2.51. The van der Waals surface area contributed by atoms with Crippen molar-refractivity contribution in [1.82, 2.24) is 9.97 Å². The number of amides is 1. The van der Waals surface area contributed by atoms with E-state index >= 15 is 0 Å². The summed E-state index contributed by atoms with van der Waals surface area (Å²) in [6.07, 6.45) is 1.50. The molecule has 0 bridgehead atoms. The van der Waals surface area contributed by atoms with E-state index in [-0.39, 0.29) is 23.4 Å². The number of ether oxygens (including phenoxy) is 1. The molecule has 0 atom stereocenters. The zero-order valence-electron chi connectivity index (χ0n) is 15.6. The van der Waals surface area contributed by atoms with Crippen LogP contribution in [-0.2, 0) is 4.74 Å². The molecule has 148 valence electrons. The molecule has 0 saturated carbocycles. The second-order valence-electron chi connectivity index (χ2n) is 6.47. The highest BCUT2D eigenvalue weighted by Crippen LogP contribution is 2.26. The molecule has 1 aliphatic rings. The Morgan fingerprint density at radius 1 is 1.03 bits per heavy atom. The number of morpholine rings is 1. The maximum absolute atomic E-state index is 13.0. The van der Waals surface area contributed by atoms with Crippen LogP contribution in [0.2, 0.25) is 0 Å². The lowest BCUT2D eigenvalue weighted by molar-refractivity contribution is 0.102. The van der Waals surface area contributed by atoms with Crippen molar-refractivity contribution >= 4 is 28.9 Å². The minimum absolute atomic E-state index is 0.224. The fourth-order valence-electron chi connectivity index (χ4n) is 3.05. The molecular formula is C21H20FN5O2. The van der Waals surface area contributed by atoms with Crippen LogP contribution in [0.25, 0.3) is 0 Å². The van der Waals surface area contributed by atoms with Crippen molar-refractivity contribution in [2.75, 3.05) is 41.8 Å². The van der Waals surface area contributed by atoms with Crippen molar-refractivity contribution in [3.63, 3.8) is 0 Å². The summed E-state index contributed by atoms with van der Waals surface area (Å²) in [5, 5.41) is 5.90. The molecule has 29 heavy (non-hydrogen) atoms. The summed E-state index contributed by atoms with van der Waals surface area (Å²) in [5.74, 6) is -0.412. The van der Waals surface area contributed by atoms with Gasteiger partial charge in [0, 0.05) is 25.0 Å². The highest BCUT2D eigenvalue weighted by molar-refractivity contribution is 6.04. The highest BCUT2D eigenvalue weighted by atomic mass is 19.1. The van der Waals surface area contributed by atoms with Crippen molar-refractivity contribution in [3.05, 3.63) is 72.3 Å². The predicted molar refractivity (Wildman–Crippen MR) is 109 cm³/mol. The largest absolute Gasteiger partial charge is 0.378 e. The molecular weight excluding hydrogens is 373 g/mol. The molecule has 7 nitrogen and oxygen atoms in total. The van der Waals surface area contributed by atoms with E-state index in [0.717, 1.165) is 18.8 Å². The van der Waals surface area contributed by atoms with Crippen LogP contribution in [0.1, 0.15) is 10.5 Å². The Bertz CT molecular complexity index is 990. The second-order valence-corrected chi connectivity index (χ2v) is 6.47. The van der Waals surface area contributed by atoms with Gasteiger partial charge in [-0.3, -0.25) is 4.79 Å². The van der Waals surface area contributed by atoms with E-state index in [9.17, 15) is 9.18 Å². The minimum Gasteiger partial charge on any atom is -0.378 e.